The topological polar surface area (TPSA) is 27.0 Å². The van der Waals surface area contributed by atoms with Crippen molar-refractivity contribution in [2.45, 2.75) is 13.3 Å². The van der Waals surface area contributed by atoms with Gasteiger partial charge in [0, 0.05) is 13.1 Å². The summed E-state index contributed by atoms with van der Waals surface area (Å²) in [6.45, 7) is 3.69. The number of anilines is 1. The normalized spacial score (nSPS) is 15.6. The number of hydrogen-bond donors (Lipinski definition) is 0. The van der Waals surface area contributed by atoms with Crippen LogP contribution in [0.1, 0.15) is 18.9 Å². The van der Waals surface area contributed by atoms with Crippen LogP contribution in [0.2, 0.25) is 0 Å². The van der Waals surface area contributed by atoms with Gasteiger partial charge in [0.15, 0.2) is 0 Å². The Morgan fingerprint density at radius 2 is 2.25 bits per heavy atom. The highest BCUT2D eigenvalue weighted by Crippen LogP contribution is 2.25. The van der Waals surface area contributed by atoms with E-state index < -0.39 is 5.82 Å². The molecule has 1 aliphatic rings. The molecule has 1 aromatic carbocycles. The SMILES string of the molecule is CC1=CCN(c2cccc(F)c2C#N)CC1. The molecule has 0 N–H and O–H groups in total. The highest BCUT2D eigenvalue weighted by molar-refractivity contribution is 5.60. The van der Waals surface area contributed by atoms with Crippen molar-refractivity contribution in [3.63, 3.8) is 0 Å². The second-order valence-corrected chi connectivity index (χ2v) is 3.99. The lowest BCUT2D eigenvalue weighted by Crippen LogP contribution is -2.28. The van der Waals surface area contributed by atoms with Crippen LogP contribution in [0, 0.1) is 17.1 Å². The smallest absolute Gasteiger partial charge is 0.143 e. The molecule has 0 spiro atoms. The molecule has 3 heteroatoms. The van der Waals surface area contributed by atoms with Crippen LogP contribution in [0.4, 0.5) is 10.1 Å². The molecule has 0 aromatic heterocycles. The molecule has 1 aromatic rings. The Morgan fingerprint density at radius 1 is 1.44 bits per heavy atom. The molecule has 0 bridgehead atoms. The molecule has 0 aliphatic carbocycles. The number of halogens is 1. The van der Waals surface area contributed by atoms with Gasteiger partial charge in [0.1, 0.15) is 17.4 Å². The molecule has 0 saturated heterocycles. The van der Waals surface area contributed by atoms with Crippen molar-refractivity contribution in [3.8, 4) is 6.07 Å². The van der Waals surface area contributed by atoms with Crippen LogP contribution in [0.3, 0.4) is 0 Å². The summed E-state index contributed by atoms with van der Waals surface area (Å²) in [5, 5.41) is 8.95. The van der Waals surface area contributed by atoms with Gasteiger partial charge in [-0.25, -0.2) is 4.39 Å². The van der Waals surface area contributed by atoms with E-state index in [-0.39, 0.29) is 5.56 Å². The maximum absolute atomic E-state index is 13.4. The second-order valence-electron chi connectivity index (χ2n) is 3.99. The molecule has 0 atom stereocenters. The summed E-state index contributed by atoms with van der Waals surface area (Å²) in [4.78, 5) is 2.04. The first-order chi connectivity index (χ1) is 7.72. The average Bonchev–Trinajstić information content (AvgIpc) is 2.30. The highest BCUT2D eigenvalue weighted by Gasteiger charge is 2.15. The first-order valence-electron chi connectivity index (χ1n) is 5.31. The third-order valence-corrected chi connectivity index (χ3v) is 2.88. The zero-order valence-corrected chi connectivity index (χ0v) is 9.20. The zero-order valence-electron chi connectivity index (χ0n) is 9.20. The quantitative estimate of drug-likeness (QED) is 0.675. The Bertz CT molecular complexity index is 471. The zero-order chi connectivity index (χ0) is 11.5. The van der Waals surface area contributed by atoms with E-state index in [0.29, 0.717) is 5.69 Å². The largest absolute Gasteiger partial charge is 0.366 e. The van der Waals surface area contributed by atoms with Crippen molar-refractivity contribution in [3.05, 3.63) is 41.2 Å². The lowest BCUT2D eigenvalue weighted by atomic mass is 10.1. The van der Waals surface area contributed by atoms with Gasteiger partial charge >= 0.3 is 0 Å². The predicted octanol–water partition coefficient (Wildman–Crippen LogP) is 2.85. The van der Waals surface area contributed by atoms with Crippen LogP contribution in [-0.4, -0.2) is 13.1 Å². The van der Waals surface area contributed by atoms with Crippen LogP contribution < -0.4 is 4.90 Å². The number of nitriles is 1. The van der Waals surface area contributed by atoms with Gasteiger partial charge in [-0.2, -0.15) is 5.26 Å². The minimum atomic E-state index is -0.439. The molecule has 1 aliphatic heterocycles. The van der Waals surface area contributed by atoms with E-state index in [1.165, 1.54) is 11.6 Å². The summed E-state index contributed by atoms with van der Waals surface area (Å²) in [6.07, 6.45) is 3.09. The lowest BCUT2D eigenvalue weighted by molar-refractivity contribution is 0.622. The third kappa shape index (κ3) is 1.92. The average molecular weight is 216 g/mol. The maximum Gasteiger partial charge on any atom is 0.143 e. The fourth-order valence-corrected chi connectivity index (χ4v) is 1.88. The summed E-state index contributed by atoms with van der Waals surface area (Å²) >= 11 is 0. The summed E-state index contributed by atoms with van der Waals surface area (Å²) in [5.41, 5.74) is 2.20. The van der Waals surface area contributed by atoms with Crippen LogP contribution >= 0.6 is 0 Å². The molecule has 0 fully saturated rings. The van der Waals surface area contributed by atoms with Gasteiger partial charge in [-0.1, -0.05) is 17.7 Å². The van der Waals surface area contributed by atoms with E-state index in [1.807, 2.05) is 11.0 Å². The fraction of sp³-hybridized carbons (Fsp3) is 0.308. The monoisotopic (exact) mass is 216 g/mol. The standard InChI is InChI=1S/C13H13FN2/c1-10-5-7-16(8-6-10)13-4-2-3-12(14)11(13)9-15/h2-5H,6-8H2,1H3. The molecule has 1 heterocycles. The Hall–Kier alpha value is -1.82. The van der Waals surface area contributed by atoms with Crippen molar-refractivity contribution in [1.82, 2.24) is 0 Å². The number of rotatable bonds is 1. The number of hydrogen-bond acceptors (Lipinski definition) is 2. The van der Waals surface area contributed by atoms with Crippen LogP contribution in [-0.2, 0) is 0 Å². The van der Waals surface area contributed by atoms with Gasteiger partial charge in [0.05, 0.1) is 5.69 Å². The summed E-state index contributed by atoms with van der Waals surface area (Å²) in [7, 11) is 0. The van der Waals surface area contributed by atoms with E-state index >= 15 is 0 Å². The van der Waals surface area contributed by atoms with E-state index in [2.05, 4.69) is 13.0 Å². The molecule has 0 amide bonds. The predicted molar refractivity (Wildman–Crippen MR) is 61.7 cm³/mol. The second kappa shape index (κ2) is 4.36. The lowest BCUT2D eigenvalue weighted by Gasteiger charge is -2.28. The fourth-order valence-electron chi connectivity index (χ4n) is 1.88. The van der Waals surface area contributed by atoms with Gasteiger partial charge in [-0.3, -0.25) is 0 Å². The molecule has 82 valence electrons. The first kappa shape index (κ1) is 10.7. The highest BCUT2D eigenvalue weighted by atomic mass is 19.1. The third-order valence-electron chi connectivity index (χ3n) is 2.88. The van der Waals surface area contributed by atoms with Crippen molar-refractivity contribution >= 4 is 5.69 Å². The van der Waals surface area contributed by atoms with Crippen molar-refractivity contribution in [2.24, 2.45) is 0 Å². The van der Waals surface area contributed by atoms with Crippen molar-refractivity contribution in [2.75, 3.05) is 18.0 Å². The minimum Gasteiger partial charge on any atom is -0.366 e. The van der Waals surface area contributed by atoms with Crippen LogP contribution in [0.25, 0.3) is 0 Å². The van der Waals surface area contributed by atoms with E-state index in [9.17, 15) is 4.39 Å². The Labute approximate surface area is 94.6 Å². The van der Waals surface area contributed by atoms with Crippen molar-refractivity contribution < 1.29 is 4.39 Å². The van der Waals surface area contributed by atoms with E-state index in [4.69, 9.17) is 5.26 Å². The molecule has 0 unspecified atom stereocenters. The molecule has 16 heavy (non-hydrogen) atoms. The summed E-state index contributed by atoms with van der Waals surface area (Å²) in [6, 6.07) is 6.71. The number of nitrogens with zero attached hydrogens (tertiary/aromatic N) is 2. The van der Waals surface area contributed by atoms with Crippen molar-refractivity contribution in [1.29, 1.82) is 5.26 Å². The van der Waals surface area contributed by atoms with Gasteiger partial charge in [0.2, 0.25) is 0 Å². The molecule has 2 rings (SSSR count). The van der Waals surface area contributed by atoms with Crippen LogP contribution in [0.5, 0.6) is 0 Å². The summed E-state index contributed by atoms with van der Waals surface area (Å²) in [5.74, 6) is -0.439. The first-order valence-corrected chi connectivity index (χ1v) is 5.31. The van der Waals surface area contributed by atoms with Gasteiger partial charge < -0.3 is 4.90 Å². The Kier molecular flexibility index (Phi) is 2.91. The molecule has 0 saturated carbocycles. The summed E-state index contributed by atoms with van der Waals surface area (Å²) < 4.78 is 13.4. The van der Waals surface area contributed by atoms with E-state index in [1.54, 1.807) is 12.1 Å². The van der Waals surface area contributed by atoms with Crippen LogP contribution in [0.15, 0.2) is 29.8 Å². The Balaban J connectivity index is 2.35. The molecule has 0 radical (unpaired) electrons. The number of benzene rings is 1. The van der Waals surface area contributed by atoms with E-state index in [0.717, 1.165) is 19.5 Å². The van der Waals surface area contributed by atoms with Gasteiger partial charge in [-0.05, 0) is 25.5 Å². The maximum atomic E-state index is 13.4. The molecular weight excluding hydrogens is 203 g/mol. The van der Waals surface area contributed by atoms with Gasteiger partial charge in [-0.15, -0.1) is 0 Å². The minimum absolute atomic E-state index is 0.149. The van der Waals surface area contributed by atoms with Gasteiger partial charge in [0.25, 0.3) is 0 Å². The molecular formula is C13H13FN2. The Morgan fingerprint density at radius 3 is 2.88 bits per heavy atom. The molecule has 2 nitrogen and oxygen atoms in total.